The summed E-state index contributed by atoms with van der Waals surface area (Å²) in [6.45, 7) is 6.59. The quantitative estimate of drug-likeness (QED) is 0.392. The number of nitrogens with zero attached hydrogens (tertiary/aromatic N) is 2. The molecule has 2 heterocycles. The van der Waals surface area contributed by atoms with E-state index in [9.17, 15) is 10.0 Å². The zero-order chi connectivity index (χ0) is 23.2. The number of ether oxygens (including phenoxy) is 1. The third-order valence-corrected chi connectivity index (χ3v) is 5.88. The van der Waals surface area contributed by atoms with Crippen LogP contribution in [0.2, 0.25) is 0 Å². The molecular weight excluding hydrogens is 411 g/mol. The molecule has 164 valence electrons. The fourth-order valence-corrected chi connectivity index (χ4v) is 4.14. The molecule has 0 amide bonds. The number of aromatic nitrogens is 2. The number of fused-ring (bicyclic) bond motifs is 3. The van der Waals surface area contributed by atoms with Gasteiger partial charge in [0.05, 0.1) is 11.0 Å². The first-order valence-corrected chi connectivity index (χ1v) is 11.0. The van der Waals surface area contributed by atoms with Crippen molar-refractivity contribution in [2.45, 2.75) is 26.2 Å². The normalized spacial score (nSPS) is 11.8. The van der Waals surface area contributed by atoms with E-state index in [0.717, 1.165) is 27.6 Å². The van der Waals surface area contributed by atoms with Crippen LogP contribution < -0.4 is 10.2 Å². The van der Waals surface area contributed by atoms with Gasteiger partial charge in [-0.2, -0.15) is 0 Å². The zero-order valence-electron chi connectivity index (χ0n) is 18.9. The predicted octanol–water partition coefficient (Wildman–Crippen LogP) is 4.95. The molecule has 0 fully saturated rings. The highest BCUT2D eigenvalue weighted by Gasteiger charge is 2.18. The second kappa shape index (κ2) is 8.07. The Morgan fingerprint density at radius 3 is 2.33 bits per heavy atom. The van der Waals surface area contributed by atoms with Gasteiger partial charge in [0.2, 0.25) is 0 Å². The SMILES string of the molecule is CC(C)(C)c1ccnc(-n2c3ccccc3c3ccc(Oc4cccc(B(O)O)c4)cc32)c1. The van der Waals surface area contributed by atoms with Gasteiger partial charge in [0, 0.05) is 23.0 Å². The van der Waals surface area contributed by atoms with E-state index in [1.165, 1.54) is 5.56 Å². The molecule has 0 saturated heterocycles. The van der Waals surface area contributed by atoms with E-state index in [1.807, 2.05) is 30.5 Å². The third kappa shape index (κ3) is 3.99. The minimum atomic E-state index is -1.54. The number of pyridine rings is 1. The maximum atomic E-state index is 9.47. The molecule has 5 aromatic rings. The lowest BCUT2D eigenvalue weighted by molar-refractivity contribution is 0.425. The first-order chi connectivity index (χ1) is 15.8. The van der Waals surface area contributed by atoms with Crippen molar-refractivity contribution in [2.24, 2.45) is 0 Å². The standard InChI is InChI=1S/C27H25BN2O3/c1-27(2,3)18-13-14-29-26(15-18)30-24-10-5-4-9-22(24)23-12-11-21(17-25(23)30)33-20-8-6-7-19(16-20)28(31)32/h4-17,31-32H,1-3H3. The van der Waals surface area contributed by atoms with Gasteiger partial charge in [0.25, 0.3) is 0 Å². The number of benzene rings is 3. The van der Waals surface area contributed by atoms with Crippen LogP contribution in [0.25, 0.3) is 27.6 Å². The van der Waals surface area contributed by atoms with Crippen molar-refractivity contribution in [1.29, 1.82) is 0 Å². The van der Waals surface area contributed by atoms with Crippen LogP contribution in [-0.2, 0) is 5.41 Å². The molecule has 0 unspecified atom stereocenters. The summed E-state index contributed by atoms with van der Waals surface area (Å²) in [5, 5.41) is 21.2. The van der Waals surface area contributed by atoms with Crippen molar-refractivity contribution in [1.82, 2.24) is 9.55 Å². The number of rotatable bonds is 4. The summed E-state index contributed by atoms with van der Waals surface area (Å²) >= 11 is 0. The molecule has 5 nitrogen and oxygen atoms in total. The van der Waals surface area contributed by atoms with Gasteiger partial charge in [-0.1, -0.05) is 51.1 Å². The van der Waals surface area contributed by atoms with Crippen LogP contribution in [0.4, 0.5) is 0 Å². The average molecular weight is 436 g/mol. The third-order valence-electron chi connectivity index (χ3n) is 5.88. The Morgan fingerprint density at radius 2 is 1.55 bits per heavy atom. The van der Waals surface area contributed by atoms with Crippen LogP contribution in [0.1, 0.15) is 26.3 Å². The van der Waals surface area contributed by atoms with Gasteiger partial charge in [-0.25, -0.2) is 4.98 Å². The minimum Gasteiger partial charge on any atom is -0.457 e. The predicted molar refractivity (Wildman–Crippen MR) is 134 cm³/mol. The molecule has 0 saturated carbocycles. The van der Waals surface area contributed by atoms with E-state index < -0.39 is 7.12 Å². The van der Waals surface area contributed by atoms with Gasteiger partial charge in [-0.15, -0.1) is 0 Å². The minimum absolute atomic E-state index is 0.00695. The van der Waals surface area contributed by atoms with E-state index in [4.69, 9.17) is 9.72 Å². The molecule has 0 aliphatic carbocycles. The van der Waals surface area contributed by atoms with Crippen LogP contribution in [0.15, 0.2) is 85.1 Å². The summed E-state index contributed by atoms with van der Waals surface area (Å²) in [5.41, 5.74) is 3.67. The molecule has 0 aliphatic heterocycles. The Balaban J connectivity index is 1.68. The molecule has 0 spiro atoms. The van der Waals surface area contributed by atoms with Crippen LogP contribution in [-0.4, -0.2) is 26.7 Å². The lowest BCUT2D eigenvalue weighted by atomic mass is 9.80. The second-order valence-corrected chi connectivity index (χ2v) is 9.23. The molecule has 3 aromatic carbocycles. The van der Waals surface area contributed by atoms with Crippen molar-refractivity contribution in [3.63, 3.8) is 0 Å². The molecular formula is C27H25BN2O3. The highest BCUT2D eigenvalue weighted by Crippen LogP contribution is 2.35. The highest BCUT2D eigenvalue weighted by atomic mass is 16.5. The zero-order valence-corrected chi connectivity index (χ0v) is 18.9. The van der Waals surface area contributed by atoms with Gasteiger partial charge in [0.1, 0.15) is 17.3 Å². The van der Waals surface area contributed by atoms with Gasteiger partial charge >= 0.3 is 7.12 Å². The first kappa shape index (κ1) is 21.3. The van der Waals surface area contributed by atoms with Gasteiger partial charge in [0.15, 0.2) is 0 Å². The van der Waals surface area contributed by atoms with E-state index >= 15 is 0 Å². The average Bonchev–Trinajstić information content (AvgIpc) is 3.12. The van der Waals surface area contributed by atoms with Crippen molar-refractivity contribution in [3.8, 4) is 17.3 Å². The topological polar surface area (TPSA) is 67.5 Å². The van der Waals surface area contributed by atoms with Crippen molar-refractivity contribution in [3.05, 3.63) is 90.6 Å². The second-order valence-electron chi connectivity index (χ2n) is 9.23. The summed E-state index contributed by atoms with van der Waals surface area (Å²) in [6, 6.07) is 25.3. The fraction of sp³-hybridized carbons (Fsp3) is 0.148. The maximum Gasteiger partial charge on any atom is 0.488 e. The van der Waals surface area contributed by atoms with Crippen LogP contribution in [0.3, 0.4) is 0 Å². The first-order valence-electron chi connectivity index (χ1n) is 11.0. The van der Waals surface area contributed by atoms with E-state index in [0.29, 0.717) is 17.0 Å². The molecule has 33 heavy (non-hydrogen) atoms. The van der Waals surface area contributed by atoms with Crippen molar-refractivity contribution in [2.75, 3.05) is 0 Å². The molecule has 2 N–H and O–H groups in total. The molecule has 5 rings (SSSR count). The Kier molecular flexibility index (Phi) is 5.20. The van der Waals surface area contributed by atoms with Gasteiger partial charge in [-0.05, 0) is 58.9 Å². The summed E-state index contributed by atoms with van der Waals surface area (Å²) in [6.07, 6.45) is 1.86. The Bertz CT molecular complexity index is 1470. The molecule has 6 heteroatoms. The van der Waals surface area contributed by atoms with E-state index in [2.05, 4.69) is 55.7 Å². The van der Waals surface area contributed by atoms with Gasteiger partial charge in [-0.3, -0.25) is 4.57 Å². The maximum absolute atomic E-state index is 9.47. The fourth-order valence-electron chi connectivity index (χ4n) is 4.14. The largest absolute Gasteiger partial charge is 0.488 e. The van der Waals surface area contributed by atoms with Crippen molar-refractivity contribution >= 4 is 34.4 Å². The Labute approximate surface area is 193 Å². The summed E-state index contributed by atoms with van der Waals surface area (Å²) < 4.78 is 8.25. The Hall–Kier alpha value is -3.61. The number of para-hydroxylation sites is 1. The van der Waals surface area contributed by atoms with E-state index in [-0.39, 0.29) is 5.41 Å². The van der Waals surface area contributed by atoms with Crippen LogP contribution in [0.5, 0.6) is 11.5 Å². The summed E-state index contributed by atoms with van der Waals surface area (Å²) in [5.74, 6) is 2.05. The summed E-state index contributed by atoms with van der Waals surface area (Å²) in [4.78, 5) is 4.71. The number of hydrogen-bond donors (Lipinski definition) is 2. The van der Waals surface area contributed by atoms with E-state index in [1.54, 1.807) is 24.3 Å². The van der Waals surface area contributed by atoms with Gasteiger partial charge < -0.3 is 14.8 Å². The number of hydrogen-bond acceptors (Lipinski definition) is 4. The lowest BCUT2D eigenvalue weighted by Gasteiger charge is -2.20. The van der Waals surface area contributed by atoms with Crippen LogP contribution in [0, 0.1) is 0 Å². The Morgan fingerprint density at radius 1 is 0.788 bits per heavy atom. The highest BCUT2D eigenvalue weighted by molar-refractivity contribution is 6.58. The molecule has 0 atom stereocenters. The van der Waals surface area contributed by atoms with Crippen molar-refractivity contribution < 1.29 is 14.8 Å². The summed E-state index contributed by atoms with van der Waals surface area (Å²) in [7, 11) is -1.54. The molecule has 0 radical (unpaired) electrons. The van der Waals surface area contributed by atoms with Crippen LogP contribution >= 0.6 is 0 Å². The molecule has 2 aromatic heterocycles. The monoisotopic (exact) mass is 436 g/mol. The molecule has 0 aliphatic rings. The lowest BCUT2D eigenvalue weighted by Crippen LogP contribution is -2.29. The molecule has 0 bridgehead atoms. The smallest absolute Gasteiger partial charge is 0.457 e.